The number of hydrogen-bond donors (Lipinski definition) is 1. The smallest absolute Gasteiger partial charge is 1.00 e. The fraction of sp³-hybridized carbons (Fsp3) is 0.615. The molecule has 0 unspecified atom stereocenters. The molecule has 1 N–H and O–H groups in total. The predicted octanol–water partition coefficient (Wildman–Crippen LogP) is -2.95. The SMILES string of the molecule is CCCCCC(=O)[NH][Zr+2]([C]1=CC=CC1)[SiH](C)C.[Cl-].[Cl-]. The molecule has 0 spiro atoms. The standard InChI is InChI=1S/C6H13NO.C5H5.C2H7Si.2ClH.Zr/c1-2-3-4-5-6(7)8;1-2-4-5-3-1;1-3-2;;;/h2-5H2,1H3,(H2,7,8);1-3H,4H2;3H,1-2H3;2*1H;/q;;;;;+3/p-3. The van der Waals surface area contributed by atoms with E-state index in [1.54, 1.807) is 3.28 Å². The van der Waals surface area contributed by atoms with Gasteiger partial charge in [-0.2, -0.15) is 0 Å². The van der Waals surface area contributed by atoms with Gasteiger partial charge in [-0.05, 0) is 0 Å². The van der Waals surface area contributed by atoms with Crippen LogP contribution in [0.2, 0.25) is 13.1 Å². The van der Waals surface area contributed by atoms with E-state index in [2.05, 4.69) is 41.5 Å². The van der Waals surface area contributed by atoms with Gasteiger partial charge in [0.15, 0.2) is 0 Å². The summed E-state index contributed by atoms with van der Waals surface area (Å²) in [5.41, 5.74) is 0. The molecular weight excluding hydrogens is 376 g/mol. The van der Waals surface area contributed by atoms with Gasteiger partial charge in [0.05, 0.1) is 0 Å². The third kappa shape index (κ3) is 8.49. The van der Waals surface area contributed by atoms with Crippen LogP contribution in [0.4, 0.5) is 0 Å². The molecule has 6 heteroatoms. The summed E-state index contributed by atoms with van der Waals surface area (Å²) in [5.74, 6) is -0.358. The molecule has 1 amide bonds. The molecular formula is C13H24Cl2NOSiZr. The van der Waals surface area contributed by atoms with Crippen molar-refractivity contribution in [3.8, 4) is 0 Å². The Morgan fingerprint density at radius 1 is 1.37 bits per heavy atom. The molecule has 0 saturated carbocycles. The molecule has 0 radical (unpaired) electrons. The zero-order valence-electron chi connectivity index (χ0n) is 12.0. The van der Waals surface area contributed by atoms with Gasteiger partial charge in [-0.3, -0.25) is 0 Å². The number of carbonyl (C=O) groups is 1. The normalized spacial score (nSPS) is 12.5. The summed E-state index contributed by atoms with van der Waals surface area (Å²) < 4.78 is 5.02. The van der Waals surface area contributed by atoms with Gasteiger partial charge in [0.2, 0.25) is 0 Å². The molecule has 0 fully saturated rings. The van der Waals surface area contributed by atoms with Crippen molar-refractivity contribution in [2.75, 3.05) is 0 Å². The third-order valence-corrected chi connectivity index (χ3v) is 19.7. The first-order chi connectivity index (χ1) is 8.15. The van der Waals surface area contributed by atoms with Gasteiger partial charge in [-0.15, -0.1) is 0 Å². The number of rotatable bonds is 7. The van der Waals surface area contributed by atoms with Crippen LogP contribution in [-0.2, 0) is 26.0 Å². The van der Waals surface area contributed by atoms with Gasteiger partial charge in [-0.1, -0.05) is 0 Å². The van der Waals surface area contributed by atoms with Crippen LogP contribution in [0.25, 0.3) is 0 Å². The second-order valence-corrected chi connectivity index (χ2v) is 23.4. The van der Waals surface area contributed by atoms with Crippen molar-refractivity contribution in [3.63, 3.8) is 0 Å². The fourth-order valence-electron chi connectivity index (χ4n) is 1.99. The van der Waals surface area contributed by atoms with Crippen molar-refractivity contribution in [3.05, 3.63) is 21.5 Å². The summed E-state index contributed by atoms with van der Waals surface area (Å²) in [6.07, 6.45) is 11.9. The predicted molar refractivity (Wildman–Crippen MR) is 73.0 cm³/mol. The molecule has 0 atom stereocenters. The van der Waals surface area contributed by atoms with E-state index < -0.39 is 27.1 Å². The summed E-state index contributed by atoms with van der Waals surface area (Å²) >= 11 is -1.75. The minimum Gasteiger partial charge on any atom is -1.00 e. The van der Waals surface area contributed by atoms with Crippen molar-refractivity contribution in [2.24, 2.45) is 0 Å². The first-order valence-electron chi connectivity index (χ1n) is 6.68. The van der Waals surface area contributed by atoms with Crippen LogP contribution in [0.15, 0.2) is 21.5 Å². The van der Waals surface area contributed by atoms with Crippen LogP contribution in [-0.4, -0.2) is 11.8 Å². The average molecular weight is 401 g/mol. The van der Waals surface area contributed by atoms with E-state index >= 15 is 0 Å². The maximum atomic E-state index is 11.9. The molecule has 0 saturated heterocycles. The van der Waals surface area contributed by atoms with E-state index in [0.29, 0.717) is 5.91 Å². The Hall–Kier alpha value is 0.630. The molecule has 109 valence electrons. The third-order valence-electron chi connectivity index (χ3n) is 2.98. The Morgan fingerprint density at radius 3 is 2.53 bits per heavy atom. The first kappa shape index (κ1) is 21.9. The minimum absolute atomic E-state index is 0. The number of carbonyl (C=O) groups excluding carboxylic acids is 1. The Balaban J connectivity index is 0. The van der Waals surface area contributed by atoms with E-state index in [4.69, 9.17) is 0 Å². The molecule has 0 aliphatic heterocycles. The molecule has 0 heterocycles. The van der Waals surface area contributed by atoms with E-state index in [1.807, 2.05) is 0 Å². The van der Waals surface area contributed by atoms with E-state index in [9.17, 15) is 4.79 Å². The summed E-state index contributed by atoms with van der Waals surface area (Å²) in [4.78, 5) is 11.9. The number of halogens is 2. The molecule has 0 aromatic rings. The van der Waals surface area contributed by atoms with E-state index in [-0.39, 0.29) is 24.8 Å². The van der Waals surface area contributed by atoms with Gasteiger partial charge in [0.1, 0.15) is 0 Å². The van der Waals surface area contributed by atoms with Crippen molar-refractivity contribution in [1.29, 1.82) is 0 Å². The van der Waals surface area contributed by atoms with Crippen molar-refractivity contribution < 1.29 is 50.8 Å². The Morgan fingerprint density at radius 2 is 2.05 bits per heavy atom. The van der Waals surface area contributed by atoms with Crippen LogP contribution < -0.4 is 28.1 Å². The second-order valence-electron chi connectivity index (χ2n) is 4.90. The Kier molecular flexibility index (Phi) is 14.3. The van der Waals surface area contributed by atoms with Crippen LogP contribution in [0, 0.1) is 0 Å². The number of nitrogens with one attached hydrogen (secondary N) is 1. The maximum absolute atomic E-state index is 11.9. The molecule has 0 aromatic heterocycles. The van der Waals surface area contributed by atoms with Crippen molar-refractivity contribution in [2.45, 2.75) is 52.1 Å². The second kappa shape index (κ2) is 12.4. The molecule has 0 bridgehead atoms. The van der Waals surface area contributed by atoms with Crippen LogP contribution in [0.3, 0.4) is 0 Å². The van der Waals surface area contributed by atoms with Gasteiger partial charge >= 0.3 is 115 Å². The summed E-state index contributed by atoms with van der Waals surface area (Å²) in [6.45, 7) is 6.95. The largest absolute Gasteiger partial charge is 1.00 e. The van der Waals surface area contributed by atoms with Crippen LogP contribution >= 0.6 is 0 Å². The van der Waals surface area contributed by atoms with Crippen LogP contribution in [0.5, 0.6) is 0 Å². The van der Waals surface area contributed by atoms with Crippen molar-refractivity contribution >= 4 is 11.8 Å². The summed E-state index contributed by atoms with van der Waals surface area (Å²) in [6, 6.07) is 0. The van der Waals surface area contributed by atoms with Gasteiger partial charge in [0.25, 0.3) is 0 Å². The maximum Gasteiger partial charge on any atom is -1.00 e. The molecule has 1 aliphatic carbocycles. The summed E-state index contributed by atoms with van der Waals surface area (Å²) in [5, 5.41) is 0. The molecule has 1 aliphatic rings. The number of unbranched alkanes of at least 4 members (excludes halogenated alkanes) is 2. The molecule has 0 aromatic carbocycles. The molecule has 1 rings (SSSR count). The summed E-state index contributed by atoms with van der Waals surface area (Å²) in [7, 11) is 0. The Bertz CT molecular complexity index is 322. The number of hydrogen-bond acceptors (Lipinski definition) is 1. The van der Waals surface area contributed by atoms with Gasteiger partial charge < -0.3 is 24.8 Å². The average Bonchev–Trinajstić information content (AvgIpc) is 2.79. The quantitative estimate of drug-likeness (QED) is 0.360. The zero-order valence-corrected chi connectivity index (χ0v) is 17.1. The van der Waals surface area contributed by atoms with Crippen molar-refractivity contribution in [1.82, 2.24) is 3.26 Å². The topological polar surface area (TPSA) is 29.1 Å². The minimum atomic E-state index is -1.75. The van der Waals surface area contributed by atoms with E-state index in [1.165, 1.54) is 12.8 Å². The molecule has 2 nitrogen and oxygen atoms in total. The first-order valence-corrected chi connectivity index (χ1v) is 16.3. The number of allylic oxidation sites excluding steroid dienone is 4. The Labute approximate surface area is 139 Å². The number of amides is 1. The monoisotopic (exact) mass is 398 g/mol. The van der Waals surface area contributed by atoms with E-state index in [0.717, 1.165) is 19.3 Å². The molecule has 19 heavy (non-hydrogen) atoms. The van der Waals surface area contributed by atoms with Gasteiger partial charge in [-0.25, -0.2) is 0 Å². The van der Waals surface area contributed by atoms with Crippen LogP contribution in [0.1, 0.15) is 39.0 Å². The zero-order chi connectivity index (χ0) is 12.7. The van der Waals surface area contributed by atoms with Gasteiger partial charge in [0, 0.05) is 0 Å². The fourth-order valence-corrected chi connectivity index (χ4v) is 15.8.